The Morgan fingerprint density at radius 1 is 1.11 bits per heavy atom. The number of nitrogens with zero attached hydrogens (tertiary/aromatic N) is 1. The molecule has 2 aromatic rings. The Labute approximate surface area is 205 Å². The van der Waals surface area contributed by atoms with Gasteiger partial charge in [-0.1, -0.05) is 61.9 Å². The molecule has 1 aliphatic heterocycles. The second-order valence-corrected chi connectivity index (χ2v) is 10.1. The number of carboxylic acids is 1. The van der Waals surface area contributed by atoms with Gasteiger partial charge in [0.15, 0.2) is 0 Å². The van der Waals surface area contributed by atoms with Crippen LogP contribution >= 0.6 is 0 Å². The van der Waals surface area contributed by atoms with Gasteiger partial charge in [-0.25, -0.2) is 4.79 Å². The topological polar surface area (TPSA) is 95.9 Å². The third-order valence-electron chi connectivity index (χ3n) is 8.23. The van der Waals surface area contributed by atoms with Gasteiger partial charge in [0.1, 0.15) is 6.61 Å². The molecule has 1 saturated heterocycles. The quantitative estimate of drug-likeness (QED) is 0.617. The average molecular weight is 477 g/mol. The van der Waals surface area contributed by atoms with Gasteiger partial charge >= 0.3 is 12.1 Å². The number of carbonyl (C=O) groups is 3. The zero-order valence-electron chi connectivity index (χ0n) is 20.0. The van der Waals surface area contributed by atoms with Crippen molar-refractivity contribution in [1.29, 1.82) is 0 Å². The van der Waals surface area contributed by atoms with Crippen molar-refractivity contribution in [3.8, 4) is 11.1 Å². The molecule has 2 aromatic carbocycles. The van der Waals surface area contributed by atoms with Crippen molar-refractivity contribution in [3.05, 3.63) is 59.7 Å². The number of hydrogen-bond donors (Lipinski definition) is 2. The standard InChI is InChI=1S/C28H32N2O5/c1-2-19(14-25(31)30-15-18-8-7-13-28(18,17-30)26(32)33)29-27(34)35-16-24-22-11-5-3-9-20(22)21-10-4-6-12-23(21)24/h3-6,9-12,18-19,24H,2,7-8,13-17H2,1H3,(H,29,34)(H,32,33). The number of rotatable bonds is 7. The highest BCUT2D eigenvalue weighted by atomic mass is 16.5. The first-order valence-corrected chi connectivity index (χ1v) is 12.6. The van der Waals surface area contributed by atoms with E-state index in [1.54, 1.807) is 4.90 Å². The highest BCUT2D eigenvalue weighted by Crippen LogP contribution is 2.49. The predicted molar refractivity (Wildman–Crippen MR) is 131 cm³/mol. The molecule has 2 fully saturated rings. The number of alkyl carbamates (subject to hydrolysis) is 1. The van der Waals surface area contributed by atoms with Crippen LogP contribution in [0.25, 0.3) is 11.1 Å². The second kappa shape index (κ2) is 9.36. The number of fused-ring (bicyclic) bond motifs is 4. The summed E-state index contributed by atoms with van der Waals surface area (Å²) < 4.78 is 5.63. The van der Waals surface area contributed by atoms with E-state index in [4.69, 9.17) is 4.74 Å². The van der Waals surface area contributed by atoms with E-state index in [0.717, 1.165) is 24.0 Å². The number of carbonyl (C=O) groups excluding carboxylic acids is 2. The number of benzene rings is 2. The van der Waals surface area contributed by atoms with Crippen LogP contribution in [0.3, 0.4) is 0 Å². The van der Waals surface area contributed by atoms with Crippen LogP contribution in [-0.4, -0.2) is 53.7 Å². The first kappa shape index (κ1) is 23.4. The van der Waals surface area contributed by atoms with Crippen LogP contribution in [0.2, 0.25) is 0 Å². The summed E-state index contributed by atoms with van der Waals surface area (Å²) in [7, 11) is 0. The lowest BCUT2D eigenvalue weighted by molar-refractivity contribution is -0.149. The minimum absolute atomic E-state index is 0.0222. The zero-order chi connectivity index (χ0) is 24.6. The third kappa shape index (κ3) is 4.17. The monoisotopic (exact) mass is 476 g/mol. The molecule has 7 heteroatoms. The Morgan fingerprint density at radius 3 is 2.37 bits per heavy atom. The molecule has 0 radical (unpaired) electrons. The summed E-state index contributed by atoms with van der Waals surface area (Å²) in [5.41, 5.74) is 3.84. The fraction of sp³-hybridized carbons (Fsp3) is 0.464. The van der Waals surface area contributed by atoms with Crippen molar-refractivity contribution in [1.82, 2.24) is 10.2 Å². The fourth-order valence-corrected chi connectivity index (χ4v) is 6.27. The molecule has 0 aromatic heterocycles. The molecule has 3 unspecified atom stereocenters. The predicted octanol–water partition coefficient (Wildman–Crippen LogP) is 4.41. The molecule has 2 aliphatic carbocycles. The Hall–Kier alpha value is -3.35. The molecule has 1 heterocycles. The molecule has 0 spiro atoms. The molecule has 3 atom stereocenters. The van der Waals surface area contributed by atoms with E-state index in [0.29, 0.717) is 19.4 Å². The van der Waals surface area contributed by atoms with E-state index in [1.165, 1.54) is 11.1 Å². The van der Waals surface area contributed by atoms with E-state index in [9.17, 15) is 19.5 Å². The Bertz CT molecular complexity index is 1100. The SMILES string of the molecule is CCC(CC(=O)N1CC2CCCC2(C(=O)O)C1)NC(=O)OCC1c2ccccc2-c2ccccc21. The lowest BCUT2D eigenvalue weighted by atomic mass is 9.81. The summed E-state index contributed by atoms with van der Waals surface area (Å²) in [6.07, 6.45) is 2.57. The maximum atomic E-state index is 13.0. The fourth-order valence-electron chi connectivity index (χ4n) is 6.27. The van der Waals surface area contributed by atoms with Gasteiger partial charge in [-0.2, -0.15) is 0 Å². The van der Waals surface area contributed by atoms with Crippen LogP contribution < -0.4 is 5.32 Å². The number of amides is 2. The summed E-state index contributed by atoms with van der Waals surface area (Å²) in [4.78, 5) is 39.2. The lowest BCUT2D eigenvalue weighted by Gasteiger charge is -2.24. The molecule has 3 aliphatic rings. The van der Waals surface area contributed by atoms with Crippen molar-refractivity contribution >= 4 is 18.0 Å². The molecule has 1 saturated carbocycles. The van der Waals surface area contributed by atoms with Crippen LogP contribution in [0.1, 0.15) is 56.1 Å². The van der Waals surface area contributed by atoms with Crippen LogP contribution in [0.5, 0.6) is 0 Å². The van der Waals surface area contributed by atoms with Crippen LogP contribution in [0.4, 0.5) is 4.79 Å². The van der Waals surface area contributed by atoms with Crippen molar-refractivity contribution in [3.63, 3.8) is 0 Å². The van der Waals surface area contributed by atoms with Gasteiger partial charge < -0.3 is 20.1 Å². The van der Waals surface area contributed by atoms with E-state index in [-0.39, 0.29) is 43.4 Å². The largest absolute Gasteiger partial charge is 0.481 e. The highest BCUT2D eigenvalue weighted by Gasteiger charge is 2.55. The summed E-state index contributed by atoms with van der Waals surface area (Å²) in [5.74, 6) is -0.893. The molecule has 2 amide bonds. The van der Waals surface area contributed by atoms with E-state index in [1.807, 2.05) is 31.2 Å². The van der Waals surface area contributed by atoms with Crippen molar-refractivity contribution in [2.24, 2.45) is 11.3 Å². The van der Waals surface area contributed by atoms with Gasteiger partial charge in [-0.05, 0) is 47.4 Å². The van der Waals surface area contributed by atoms with Gasteiger partial charge in [-0.3, -0.25) is 9.59 Å². The van der Waals surface area contributed by atoms with Crippen molar-refractivity contribution in [2.75, 3.05) is 19.7 Å². The maximum Gasteiger partial charge on any atom is 0.407 e. The molecule has 35 heavy (non-hydrogen) atoms. The van der Waals surface area contributed by atoms with Gasteiger partial charge in [0.05, 0.1) is 5.41 Å². The second-order valence-electron chi connectivity index (χ2n) is 10.1. The highest BCUT2D eigenvalue weighted by molar-refractivity contribution is 5.82. The molecule has 184 valence electrons. The molecule has 0 bridgehead atoms. The number of ether oxygens (including phenoxy) is 1. The van der Waals surface area contributed by atoms with Gasteiger partial charge in [0, 0.05) is 31.5 Å². The Kier molecular flexibility index (Phi) is 6.26. The minimum Gasteiger partial charge on any atom is -0.481 e. The summed E-state index contributed by atoms with van der Waals surface area (Å²) >= 11 is 0. The molecule has 7 nitrogen and oxygen atoms in total. The van der Waals surface area contributed by atoms with E-state index in [2.05, 4.69) is 29.6 Å². The van der Waals surface area contributed by atoms with E-state index < -0.39 is 17.5 Å². The molecule has 5 rings (SSSR count). The number of aliphatic carboxylic acids is 1. The molecular weight excluding hydrogens is 444 g/mol. The summed E-state index contributed by atoms with van der Waals surface area (Å²) in [6.45, 7) is 2.90. The van der Waals surface area contributed by atoms with Crippen molar-refractivity contribution < 1.29 is 24.2 Å². The summed E-state index contributed by atoms with van der Waals surface area (Å²) in [6, 6.07) is 16.0. The Morgan fingerprint density at radius 2 is 1.77 bits per heavy atom. The Balaban J connectivity index is 1.17. The first-order chi connectivity index (χ1) is 16.9. The molecule has 2 N–H and O–H groups in total. The minimum atomic E-state index is -0.794. The van der Waals surface area contributed by atoms with Gasteiger partial charge in [0.25, 0.3) is 0 Å². The number of hydrogen-bond acceptors (Lipinski definition) is 4. The first-order valence-electron chi connectivity index (χ1n) is 12.6. The van der Waals surface area contributed by atoms with Gasteiger partial charge in [-0.15, -0.1) is 0 Å². The van der Waals surface area contributed by atoms with E-state index >= 15 is 0 Å². The van der Waals surface area contributed by atoms with Crippen LogP contribution in [0, 0.1) is 11.3 Å². The number of likely N-dealkylation sites (tertiary alicyclic amines) is 1. The number of carboxylic acid groups (broad SMARTS) is 1. The van der Waals surface area contributed by atoms with Crippen molar-refractivity contribution in [2.45, 2.75) is 51.0 Å². The maximum absolute atomic E-state index is 13.0. The van der Waals surface area contributed by atoms with Gasteiger partial charge in [0.2, 0.25) is 5.91 Å². The average Bonchev–Trinajstić information content (AvgIpc) is 3.52. The number of nitrogens with one attached hydrogen (secondary N) is 1. The summed E-state index contributed by atoms with van der Waals surface area (Å²) in [5, 5.41) is 12.6. The normalized spacial score (nSPS) is 23.3. The third-order valence-corrected chi connectivity index (χ3v) is 8.23. The zero-order valence-corrected chi connectivity index (χ0v) is 20.0. The lowest BCUT2D eigenvalue weighted by Crippen LogP contribution is -2.41. The smallest absolute Gasteiger partial charge is 0.407 e. The van der Waals surface area contributed by atoms with Crippen LogP contribution in [0.15, 0.2) is 48.5 Å². The molecular formula is C28H32N2O5. The van der Waals surface area contributed by atoms with Crippen LogP contribution in [-0.2, 0) is 14.3 Å².